The Morgan fingerprint density at radius 2 is 1.52 bits per heavy atom. The summed E-state index contributed by atoms with van der Waals surface area (Å²) in [5, 5.41) is 15.6. The SMILES string of the molecule is CSCCC(N)C(=O)NC(CC(N)=O)C(=O)NC(C)C(=O)NC(C)C(=O)O. The normalized spacial score (nSPS) is 15.0. The first-order valence-corrected chi connectivity index (χ1v) is 9.55. The molecule has 0 radical (unpaired) electrons. The molecule has 0 spiro atoms. The molecule has 0 aliphatic rings. The maximum absolute atomic E-state index is 12.3. The molecule has 0 aliphatic carbocycles. The molecule has 0 fully saturated rings. The minimum absolute atomic E-state index is 0.379. The maximum Gasteiger partial charge on any atom is 0.325 e. The number of hydrogen-bond donors (Lipinski definition) is 6. The van der Waals surface area contributed by atoms with Crippen molar-refractivity contribution >= 4 is 41.4 Å². The molecule has 0 aliphatic heterocycles. The summed E-state index contributed by atoms with van der Waals surface area (Å²) >= 11 is 1.50. The second-order valence-corrected chi connectivity index (χ2v) is 6.90. The van der Waals surface area contributed by atoms with Crippen molar-refractivity contribution in [2.75, 3.05) is 12.0 Å². The minimum atomic E-state index is -1.30. The Morgan fingerprint density at radius 3 is 2.00 bits per heavy atom. The Bertz CT molecular complexity index is 573. The summed E-state index contributed by atoms with van der Waals surface area (Å²) in [4.78, 5) is 58.2. The smallest absolute Gasteiger partial charge is 0.325 e. The van der Waals surface area contributed by atoms with E-state index in [0.717, 1.165) is 0 Å². The fourth-order valence-corrected chi connectivity index (χ4v) is 2.33. The van der Waals surface area contributed by atoms with Gasteiger partial charge in [-0.25, -0.2) is 0 Å². The molecule has 4 amide bonds. The molecule has 0 saturated heterocycles. The first-order valence-electron chi connectivity index (χ1n) is 8.16. The average molecular weight is 405 g/mol. The predicted octanol–water partition coefficient (Wildman–Crippen LogP) is -2.48. The summed E-state index contributed by atoms with van der Waals surface area (Å²) < 4.78 is 0. The van der Waals surface area contributed by atoms with Crippen molar-refractivity contribution in [2.45, 2.75) is 50.9 Å². The monoisotopic (exact) mass is 405 g/mol. The van der Waals surface area contributed by atoms with E-state index in [1.807, 2.05) is 6.26 Å². The van der Waals surface area contributed by atoms with Gasteiger partial charge in [0.25, 0.3) is 0 Å². The van der Waals surface area contributed by atoms with Gasteiger partial charge in [0.15, 0.2) is 0 Å². The van der Waals surface area contributed by atoms with Crippen LogP contribution < -0.4 is 27.4 Å². The molecule has 0 rings (SSSR count). The highest BCUT2D eigenvalue weighted by molar-refractivity contribution is 7.98. The molecule has 27 heavy (non-hydrogen) atoms. The third kappa shape index (κ3) is 9.80. The van der Waals surface area contributed by atoms with Crippen molar-refractivity contribution in [1.29, 1.82) is 0 Å². The van der Waals surface area contributed by atoms with Crippen LogP contribution in [-0.4, -0.2) is 70.9 Å². The third-order valence-corrected chi connectivity index (χ3v) is 4.13. The van der Waals surface area contributed by atoms with E-state index in [1.165, 1.54) is 25.6 Å². The quantitative estimate of drug-likeness (QED) is 0.205. The van der Waals surface area contributed by atoms with E-state index < -0.39 is 60.2 Å². The van der Waals surface area contributed by atoms with Crippen LogP contribution in [0.1, 0.15) is 26.7 Å². The number of nitrogens with two attached hydrogens (primary N) is 2. The Morgan fingerprint density at radius 1 is 0.963 bits per heavy atom. The van der Waals surface area contributed by atoms with Crippen LogP contribution in [0.3, 0.4) is 0 Å². The summed E-state index contributed by atoms with van der Waals surface area (Å²) in [5.41, 5.74) is 10.8. The van der Waals surface area contributed by atoms with Gasteiger partial charge in [0.2, 0.25) is 23.6 Å². The van der Waals surface area contributed by atoms with Gasteiger partial charge in [0, 0.05) is 0 Å². The predicted molar refractivity (Wildman–Crippen MR) is 99.6 cm³/mol. The molecule has 0 aromatic heterocycles. The van der Waals surface area contributed by atoms with Gasteiger partial charge in [0.05, 0.1) is 12.5 Å². The van der Waals surface area contributed by atoms with E-state index in [2.05, 4.69) is 16.0 Å². The molecular weight excluding hydrogens is 378 g/mol. The largest absolute Gasteiger partial charge is 0.480 e. The van der Waals surface area contributed by atoms with Crippen molar-refractivity contribution in [3.05, 3.63) is 0 Å². The number of rotatable bonds is 12. The lowest BCUT2D eigenvalue weighted by Gasteiger charge is -2.22. The van der Waals surface area contributed by atoms with Gasteiger partial charge in [-0.05, 0) is 32.3 Å². The number of thioether (sulfide) groups is 1. The Balaban J connectivity index is 4.90. The van der Waals surface area contributed by atoms with Crippen molar-refractivity contribution in [2.24, 2.45) is 11.5 Å². The number of aliphatic carboxylic acids is 1. The van der Waals surface area contributed by atoms with E-state index >= 15 is 0 Å². The highest BCUT2D eigenvalue weighted by atomic mass is 32.2. The zero-order valence-corrected chi connectivity index (χ0v) is 16.3. The number of carbonyl (C=O) groups excluding carboxylic acids is 4. The number of carbonyl (C=O) groups is 5. The molecule has 4 atom stereocenters. The molecule has 11 nitrogen and oxygen atoms in total. The van der Waals surface area contributed by atoms with Gasteiger partial charge < -0.3 is 32.5 Å². The fourth-order valence-electron chi connectivity index (χ4n) is 1.84. The van der Waals surface area contributed by atoms with E-state index in [4.69, 9.17) is 16.6 Å². The second-order valence-electron chi connectivity index (χ2n) is 5.92. The maximum atomic E-state index is 12.3. The topological polar surface area (TPSA) is 194 Å². The number of amides is 4. The van der Waals surface area contributed by atoms with Gasteiger partial charge in [-0.3, -0.25) is 24.0 Å². The Labute approximate surface area is 161 Å². The van der Waals surface area contributed by atoms with Gasteiger partial charge in [-0.15, -0.1) is 0 Å². The highest BCUT2D eigenvalue weighted by Crippen LogP contribution is 2.01. The van der Waals surface area contributed by atoms with Gasteiger partial charge >= 0.3 is 5.97 Å². The summed E-state index contributed by atoms with van der Waals surface area (Å²) in [6.45, 7) is 2.59. The van der Waals surface area contributed by atoms with Crippen LogP contribution in [-0.2, 0) is 24.0 Å². The number of carboxylic acid groups (broad SMARTS) is 1. The Kier molecular flexibility index (Phi) is 11.1. The summed E-state index contributed by atoms with van der Waals surface area (Å²) in [6, 6.07) is -4.41. The van der Waals surface area contributed by atoms with Crippen LogP contribution >= 0.6 is 11.8 Å². The van der Waals surface area contributed by atoms with Gasteiger partial charge in [-0.2, -0.15) is 11.8 Å². The van der Waals surface area contributed by atoms with Crippen LogP contribution in [0.25, 0.3) is 0 Å². The van der Waals surface area contributed by atoms with Gasteiger partial charge in [-0.1, -0.05) is 0 Å². The van der Waals surface area contributed by atoms with Crippen molar-refractivity contribution in [3.8, 4) is 0 Å². The summed E-state index contributed by atoms with van der Waals surface area (Å²) in [5.74, 6) is -3.60. The first kappa shape index (κ1) is 24.7. The zero-order chi connectivity index (χ0) is 21.1. The standard InChI is InChI=1S/C15H27N5O6S/c1-7(12(22)19-8(2)15(25)26)18-14(24)10(6-11(17)21)20-13(23)9(16)4-5-27-3/h7-10H,4-6,16H2,1-3H3,(H2,17,21)(H,18,24)(H,19,22)(H,20,23)(H,25,26). The fraction of sp³-hybridized carbons (Fsp3) is 0.667. The average Bonchev–Trinajstić information content (AvgIpc) is 2.57. The molecule has 0 aromatic rings. The summed E-state index contributed by atoms with van der Waals surface area (Å²) in [6.07, 6.45) is 1.75. The number of nitrogens with one attached hydrogen (secondary N) is 3. The van der Waals surface area contributed by atoms with Crippen molar-refractivity contribution in [3.63, 3.8) is 0 Å². The van der Waals surface area contributed by atoms with Crippen LogP contribution in [0.4, 0.5) is 0 Å². The Hall–Kier alpha value is -2.34. The molecule has 0 bridgehead atoms. The van der Waals surface area contributed by atoms with Crippen molar-refractivity contribution in [1.82, 2.24) is 16.0 Å². The van der Waals surface area contributed by atoms with E-state index in [1.54, 1.807) is 0 Å². The molecule has 0 heterocycles. The minimum Gasteiger partial charge on any atom is -0.480 e. The van der Waals surface area contributed by atoms with Gasteiger partial charge in [0.1, 0.15) is 18.1 Å². The van der Waals surface area contributed by atoms with E-state index in [0.29, 0.717) is 12.2 Å². The number of carboxylic acids is 1. The van der Waals surface area contributed by atoms with Crippen LogP contribution in [0.2, 0.25) is 0 Å². The van der Waals surface area contributed by atoms with E-state index in [-0.39, 0.29) is 0 Å². The second kappa shape index (κ2) is 12.1. The van der Waals surface area contributed by atoms with Crippen LogP contribution in [0.5, 0.6) is 0 Å². The van der Waals surface area contributed by atoms with Crippen LogP contribution in [0, 0.1) is 0 Å². The number of hydrogen-bond acceptors (Lipinski definition) is 7. The molecule has 0 aromatic carbocycles. The van der Waals surface area contributed by atoms with Crippen molar-refractivity contribution < 1.29 is 29.1 Å². The molecule has 4 unspecified atom stereocenters. The lowest BCUT2D eigenvalue weighted by Crippen LogP contribution is -2.56. The molecule has 12 heteroatoms. The first-order chi connectivity index (χ1) is 12.5. The van der Waals surface area contributed by atoms with E-state index in [9.17, 15) is 24.0 Å². The molecule has 154 valence electrons. The highest BCUT2D eigenvalue weighted by Gasteiger charge is 2.28. The zero-order valence-electron chi connectivity index (χ0n) is 15.5. The number of primary amides is 1. The van der Waals surface area contributed by atoms with Crippen LogP contribution in [0.15, 0.2) is 0 Å². The molecular formula is C15H27N5O6S. The lowest BCUT2D eigenvalue weighted by atomic mass is 10.1. The third-order valence-electron chi connectivity index (χ3n) is 3.49. The summed E-state index contributed by atoms with van der Waals surface area (Å²) in [7, 11) is 0. The lowest BCUT2D eigenvalue weighted by molar-refractivity contribution is -0.141. The molecule has 8 N–H and O–H groups in total. The molecule has 0 saturated carbocycles.